The molecule has 3 aromatic rings. The fraction of sp³-hybridized carbons (Fsp3) is 0.273. The number of methoxy groups -OCH3 is 1. The van der Waals surface area contributed by atoms with Gasteiger partial charge in [-0.1, -0.05) is 35.9 Å². The number of oxazole rings is 1. The molecule has 1 aliphatic rings. The van der Waals surface area contributed by atoms with E-state index >= 15 is 0 Å². The lowest BCUT2D eigenvalue weighted by molar-refractivity contribution is 0.0711. The number of rotatable bonds is 5. The number of aromatic nitrogens is 1. The summed E-state index contributed by atoms with van der Waals surface area (Å²) in [6.45, 7) is 0.677. The number of hydrogen-bond acceptors (Lipinski definition) is 4. The summed E-state index contributed by atoms with van der Waals surface area (Å²) in [4.78, 5) is 19.4. The van der Waals surface area contributed by atoms with Crippen molar-refractivity contribution in [1.82, 2.24) is 9.88 Å². The molecule has 2 heterocycles. The Morgan fingerprint density at radius 2 is 2.04 bits per heavy atom. The standard InChI is InChI=1S/C22H21ClN2O3/c1-27-20-7-3-2-5-18(20)22(26)25-12-4-6-19(25)21-24-14-17(28-21)13-15-8-10-16(23)11-9-15/h2-3,5,7-11,14,19H,4,6,12-13H2,1H3. The summed E-state index contributed by atoms with van der Waals surface area (Å²) in [5, 5.41) is 0.707. The zero-order valence-corrected chi connectivity index (χ0v) is 16.4. The molecule has 0 saturated carbocycles. The number of carbonyl (C=O) groups excluding carboxylic acids is 1. The summed E-state index contributed by atoms with van der Waals surface area (Å²) in [7, 11) is 1.57. The van der Waals surface area contributed by atoms with E-state index in [9.17, 15) is 4.79 Å². The van der Waals surface area contributed by atoms with Gasteiger partial charge in [0, 0.05) is 18.0 Å². The summed E-state index contributed by atoms with van der Waals surface area (Å²) in [6.07, 6.45) is 4.13. The van der Waals surface area contributed by atoms with Crippen molar-refractivity contribution in [3.63, 3.8) is 0 Å². The van der Waals surface area contributed by atoms with Gasteiger partial charge in [-0.25, -0.2) is 4.98 Å². The molecular weight excluding hydrogens is 376 g/mol. The van der Waals surface area contributed by atoms with Crippen LogP contribution >= 0.6 is 11.6 Å². The molecule has 1 amide bonds. The summed E-state index contributed by atoms with van der Waals surface area (Å²) in [5.41, 5.74) is 1.66. The number of halogens is 1. The van der Waals surface area contributed by atoms with E-state index in [1.54, 1.807) is 25.4 Å². The Labute approximate surface area is 168 Å². The number of para-hydroxylation sites is 1. The smallest absolute Gasteiger partial charge is 0.258 e. The third-order valence-electron chi connectivity index (χ3n) is 5.00. The van der Waals surface area contributed by atoms with E-state index in [-0.39, 0.29) is 11.9 Å². The van der Waals surface area contributed by atoms with E-state index < -0.39 is 0 Å². The number of amides is 1. The Bertz CT molecular complexity index is 968. The molecule has 1 aromatic heterocycles. The molecule has 1 fully saturated rings. The average Bonchev–Trinajstić information content (AvgIpc) is 3.38. The maximum absolute atomic E-state index is 13.1. The molecule has 0 spiro atoms. The van der Waals surface area contributed by atoms with Crippen LogP contribution in [0, 0.1) is 0 Å². The quantitative estimate of drug-likeness (QED) is 0.615. The van der Waals surface area contributed by atoms with Gasteiger partial charge in [-0.2, -0.15) is 0 Å². The van der Waals surface area contributed by atoms with Gasteiger partial charge in [0.2, 0.25) is 5.89 Å². The van der Waals surface area contributed by atoms with Crippen molar-refractivity contribution >= 4 is 17.5 Å². The molecule has 5 nitrogen and oxygen atoms in total. The normalized spacial score (nSPS) is 16.4. The monoisotopic (exact) mass is 396 g/mol. The Kier molecular flexibility index (Phi) is 5.35. The van der Waals surface area contributed by atoms with Gasteiger partial charge in [-0.15, -0.1) is 0 Å². The van der Waals surface area contributed by atoms with Crippen LogP contribution in [-0.2, 0) is 6.42 Å². The number of likely N-dealkylation sites (tertiary alicyclic amines) is 1. The number of carbonyl (C=O) groups is 1. The Morgan fingerprint density at radius 1 is 1.25 bits per heavy atom. The van der Waals surface area contributed by atoms with Crippen LogP contribution in [0.25, 0.3) is 0 Å². The fourth-order valence-electron chi connectivity index (χ4n) is 3.60. The largest absolute Gasteiger partial charge is 0.496 e. The molecule has 0 radical (unpaired) electrons. The molecular formula is C22H21ClN2O3. The molecule has 0 aliphatic carbocycles. The van der Waals surface area contributed by atoms with Gasteiger partial charge < -0.3 is 14.1 Å². The molecule has 0 N–H and O–H groups in total. The van der Waals surface area contributed by atoms with Gasteiger partial charge in [-0.05, 0) is 42.7 Å². The minimum atomic E-state index is -0.156. The van der Waals surface area contributed by atoms with Crippen LogP contribution in [0.4, 0.5) is 0 Å². The molecule has 28 heavy (non-hydrogen) atoms. The highest BCUT2D eigenvalue weighted by atomic mass is 35.5. The van der Waals surface area contributed by atoms with E-state index in [0.29, 0.717) is 35.2 Å². The molecule has 6 heteroatoms. The van der Waals surface area contributed by atoms with Gasteiger partial charge in [-0.3, -0.25) is 4.79 Å². The highest BCUT2D eigenvalue weighted by Gasteiger charge is 2.34. The number of ether oxygens (including phenoxy) is 1. The molecule has 2 aromatic carbocycles. The SMILES string of the molecule is COc1ccccc1C(=O)N1CCCC1c1ncc(Cc2ccc(Cl)cc2)o1. The highest BCUT2D eigenvalue weighted by molar-refractivity contribution is 6.30. The Morgan fingerprint density at radius 3 is 2.82 bits per heavy atom. The second-order valence-electron chi connectivity index (χ2n) is 6.82. The third kappa shape index (κ3) is 3.76. The lowest BCUT2D eigenvalue weighted by Gasteiger charge is -2.23. The van der Waals surface area contributed by atoms with E-state index in [1.807, 2.05) is 41.3 Å². The summed E-state index contributed by atoms with van der Waals surface area (Å²) in [5.74, 6) is 1.88. The number of nitrogens with zero attached hydrogens (tertiary/aromatic N) is 2. The van der Waals surface area contributed by atoms with Crippen LogP contribution in [0.5, 0.6) is 5.75 Å². The zero-order chi connectivity index (χ0) is 19.5. The molecule has 1 atom stereocenters. The summed E-state index contributed by atoms with van der Waals surface area (Å²) >= 11 is 5.94. The number of benzene rings is 2. The van der Waals surface area contributed by atoms with Crippen LogP contribution in [0.1, 0.15) is 46.5 Å². The third-order valence-corrected chi connectivity index (χ3v) is 5.25. The van der Waals surface area contributed by atoms with Gasteiger partial charge >= 0.3 is 0 Å². The first kappa shape index (κ1) is 18.6. The zero-order valence-electron chi connectivity index (χ0n) is 15.6. The van der Waals surface area contributed by atoms with E-state index in [4.69, 9.17) is 20.8 Å². The lowest BCUT2D eigenvalue weighted by atomic mass is 10.1. The van der Waals surface area contributed by atoms with Gasteiger partial charge in [0.05, 0.1) is 18.9 Å². The minimum absolute atomic E-state index is 0.0580. The molecule has 1 unspecified atom stereocenters. The summed E-state index contributed by atoms with van der Waals surface area (Å²) in [6, 6.07) is 14.8. The molecule has 0 bridgehead atoms. The predicted octanol–water partition coefficient (Wildman–Crippen LogP) is 4.90. The van der Waals surface area contributed by atoms with Crippen LogP contribution in [0.3, 0.4) is 0 Å². The van der Waals surface area contributed by atoms with Crippen molar-refractivity contribution in [2.75, 3.05) is 13.7 Å². The van der Waals surface area contributed by atoms with Gasteiger partial charge in [0.25, 0.3) is 5.91 Å². The second-order valence-corrected chi connectivity index (χ2v) is 7.26. The topological polar surface area (TPSA) is 55.6 Å². The van der Waals surface area contributed by atoms with E-state index in [0.717, 1.165) is 24.2 Å². The van der Waals surface area contributed by atoms with Crippen LogP contribution < -0.4 is 4.74 Å². The first-order chi connectivity index (χ1) is 13.7. The van der Waals surface area contributed by atoms with Crippen molar-refractivity contribution < 1.29 is 13.9 Å². The van der Waals surface area contributed by atoms with Crippen molar-refractivity contribution in [1.29, 1.82) is 0 Å². The van der Waals surface area contributed by atoms with Crippen LogP contribution in [0.15, 0.2) is 59.1 Å². The van der Waals surface area contributed by atoms with Gasteiger partial charge in [0.1, 0.15) is 17.6 Å². The van der Waals surface area contributed by atoms with Crippen molar-refractivity contribution in [2.45, 2.75) is 25.3 Å². The minimum Gasteiger partial charge on any atom is -0.496 e. The Balaban J connectivity index is 1.53. The average molecular weight is 397 g/mol. The second kappa shape index (κ2) is 8.07. The van der Waals surface area contributed by atoms with Crippen LogP contribution in [-0.4, -0.2) is 29.4 Å². The maximum atomic E-state index is 13.1. The Hall–Kier alpha value is -2.79. The molecule has 1 aliphatic heterocycles. The molecule has 144 valence electrons. The maximum Gasteiger partial charge on any atom is 0.258 e. The molecule has 1 saturated heterocycles. The van der Waals surface area contributed by atoms with E-state index in [1.165, 1.54) is 0 Å². The van der Waals surface area contributed by atoms with Crippen molar-refractivity contribution in [2.24, 2.45) is 0 Å². The fourth-order valence-corrected chi connectivity index (χ4v) is 3.73. The first-order valence-electron chi connectivity index (χ1n) is 9.28. The van der Waals surface area contributed by atoms with Crippen molar-refractivity contribution in [3.05, 3.63) is 82.5 Å². The van der Waals surface area contributed by atoms with E-state index in [2.05, 4.69) is 4.98 Å². The first-order valence-corrected chi connectivity index (χ1v) is 9.66. The number of hydrogen-bond donors (Lipinski definition) is 0. The highest BCUT2D eigenvalue weighted by Crippen LogP contribution is 2.34. The lowest BCUT2D eigenvalue weighted by Crippen LogP contribution is -2.31. The summed E-state index contributed by atoms with van der Waals surface area (Å²) < 4.78 is 11.4. The van der Waals surface area contributed by atoms with Gasteiger partial charge in [0.15, 0.2) is 0 Å². The predicted molar refractivity (Wildman–Crippen MR) is 107 cm³/mol. The van der Waals surface area contributed by atoms with Crippen molar-refractivity contribution in [3.8, 4) is 5.75 Å². The van der Waals surface area contributed by atoms with Crippen LogP contribution in [0.2, 0.25) is 5.02 Å². The molecule has 4 rings (SSSR count).